The van der Waals surface area contributed by atoms with Gasteiger partial charge in [0.15, 0.2) is 0 Å². The Hall–Kier alpha value is -3.15. The van der Waals surface area contributed by atoms with Crippen LogP contribution in [0.25, 0.3) is 11.1 Å². The third-order valence-electron chi connectivity index (χ3n) is 4.39. The zero-order valence-electron chi connectivity index (χ0n) is 15.0. The van der Waals surface area contributed by atoms with Gasteiger partial charge in [0.25, 0.3) is 5.91 Å². The predicted molar refractivity (Wildman–Crippen MR) is 108 cm³/mol. The highest BCUT2D eigenvalue weighted by Crippen LogP contribution is 2.21. The Bertz CT molecular complexity index is 968. The molecule has 0 fully saturated rings. The molecule has 3 aromatic carbocycles. The van der Waals surface area contributed by atoms with Gasteiger partial charge in [-0.3, -0.25) is 14.8 Å². The van der Waals surface area contributed by atoms with Crippen molar-refractivity contribution < 1.29 is 14.8 Å². The smallest absolute Gasteiger partial charge is 0.277 e. The molecule has 0 radical (unpaired) electrons. The van der Waals surface area contributed by atoms with Gasteiger partial charge in [0, 0.05) is 16.1 Å². The number of hydrogen-bond donors (Lipinski definition) is 2. The number of halogens is 1. The molecule has 3 rings (SSSR count). The van der Waals surface area contributed by atoms with Crippen molar-refractivity contribution in [2.75, 3.05) is 6.54 Å². The summed E-state index contributed by atoms with van der Waals surface area (Å²) in [6.07, 6.45) is 0.518. The lowest BCUT2D eigenvalue weighted by molar-refractivity contribution is -0.0571. The molecule has 142 valence electrons. The van der Waals surface area contributed by atoms with E-state index in [2.05, 4.69) is 0 Å². The summed E-state index contributed by atoms with van der Waals surface area (Å²) in [5.41, 5.74) is 8.83. The number of nitrogens with two attached hydrogens (primary N) is 1. The number of nitrogens with zero attached hydrogens (tertiary/aromatic N) is 1. The van der Waals surface area contributed by atoms with E-state index in [0.29, 0.717) is 27.6 Å². The van der Waals surface area contributed by atoms with Crippen molar-refractivity contribution in [3.63, 3.8) is 0 Å². The second-order valence-corrected chi connectivity index (χ2v) is 6.76. The van der Waals surface area contributed by atoms with Gasteiger partial charge in [-0.05, 0) is 59.5 Å². The third kappa shape index (κ3) is 4.76. The molecule has 0 aliphatic heterocycles. The number of benzene rings is 3. The summed E-state index contributed by atoms with van der Waals surface area (Å²) >= 11 is 5.85. The number of hydroxylamine groups is 2. The van der Waals surface area contributed by atoms with Crippen molar-refractivity contribution in [1.82, 2.24) is 5.06 Å². The summed E-state index contributed by atoms with van der Waals surface area (Å²) in [7, 11) is 0. The van der Waals surface area contributed by atoms with E-state index in [1.54, 1.807) is 60.7 Å². The molecule has 3 N–H and O–H groups in total. The lowest BCUT2D eigenvalue weighted by Crippen LogP contribution is -2.29. The highest BCUT2D eigenvalue weighted by Gasteiger charge is 2.14. The molecule has 0 saturated heterocycles. The average molecular weight is 395 g/mol. The van der Waals surface area contributed by atoms with Crippen molar-refractivity contribution in [2.45, 2.75) is 6.42 Å². The molecule has 0 atom stereocenters. The first kappa shape index (κ1) is 19.6. The fourth-order valence-electron chi connectivity index (χ4n) is 2.77. The first-order valence-electron chi connectivity index (χ1n) is 8.69. The van der Waals surface area contributed by atoms with Crippen LogP contribution in [0.3, 0.4) is 0 Å². The van der Waals surface area contributed by atoms with Crippen LogP contribution < -0.4 is 5.73 Å². The van der Waals surface area contributed by atoms with Crippen LogP contribution in [0.4, 0.5) is 0 Å². The number of hydrogen-bond acceptors (Lipinski definition) is 3. The average Bonchev–Trinajstić information content (AvgIpc) is 2.73. The highest BCUT2D eigenvalue weighted by atomic mass is 35.5. The molecule has 0 aliphatic carbocycles. The maximum Gasteiger partial charge on any atom is 0.277 e. The van der Waals surface area contributed by atoms with Gasteiger partial charge >= 0.3 is 0 Å². The lowest BCUT2D eigenvalue weighted by Gasteiger charge is -2.15. The number of primary amides is 1. The topological polar surface area (TPSA) is 83.6 Å². The van der Waals surface area contributed by atoms with Gasteiger partial charge in [0.05, 0.1) is 6.54 Å². The summed E-state index contributed by atoms with van der Waals surface area (Å²) in [6.45, 7) is 0.177. The van der Waals surface area contributed by atoms with E-state index in [4.69, 9.17) is 17.3 Å². The number of rotatable bonds is 6. The van der Waals surface area contributed by atoms with Gasteiger partial charge in [-0.2, -0.15) is 0 Å². The van der Waals surface area contributed by atoms with Crippen molar-refractivity contribution in [1.29, 1.82) is 0 Å². The standard InChI is InChI=1S/C22H19ClN2O3/c23-20-11-1-15(2-12-20)13-14-25(28)22(27)19-9-5-17(6-10-19)16-3-7-18(8-4-16)21(24)26/h1-12,28H,13-14H2,(H2,24,26). The first-order chi connectivity index (χ1) is 13.4. The molecule has 0 unspecified atom stereocenters. The second kappa shape index (κ2) is 8.69. The molecule has 0 heterocycles. The van der Waals surface area contributed by atoms with Crippen LogP contribution in [0.1, 0.15) is 26.3 Å². The van der Waals surface area contributed by atoms with E-state index in [1.807, 2.05) is 12.1 Å². The minimum Gasteiger partial charge on any atom is -0.366 e. The van der Waals surface area contributed by atoms with E-state index >= 15 is 0 Å². The quantitative estimate of drug-likeness (QED) is 0.486. The van der Waals surface area contributed by atoms with E-state index in [1.165, 1.54) is 0 Å². The van der Waals surface area contributed by atoms with E-state index in [9.17, 15) is 14.8 Å². The molecule has 2 amide bonds. The van der Waals surface area contributed by atoms with Crippen molar-refractivity contribution in [2.24, 2.45) is 5.73 Å². The first-order valence-corrected chi connectivity index (χ1v) is 9.07. The predicted octanol–water partition coefficient (Wildman–Crippen LogP) is 4.18. The van der Waals surface area contributed by atoms with Crippen LogP contribution in [0.2, 0.25) is 5.02 Å². The van der Waals surface area contributed by atoms with Crippen LogP contribution in [-0.4, -0.2) is 28.6 Å². The summed E-state index contributed by atoms with van der Waals surface area (Å²) < 4.78 is 0. The summed E-state index contributed by atoms with van der Waals surface area (Å²) in [5.74, 6) is -0.946. The van der Waals surface area contributed by atoms with Gasteiger partial charge in [0.2, 0.25) is 5.91 Å². The zero-order valence-corrected chi connectivity index (χ0v) is 15.8. The second-order valence-electron chi connectivity index (χ2n) is 6.32. The van der Waals surface area contributed by atoms with Gasteiger partial charge in [-0.15, -0.1) is 0 Å². The SMILES string of the molecule is NC(=O)c1ccc(-c2ccc(C(=O)N(O)CCc3ccc(Cl)cc3)cc2)cc1. The fourth-order valence-corrected chi connectivity index (χ4v) is 2.89. The Morgan fingerprint density at radius 2 is 1.32 bits per heavy atom. The monoisotopic (exact) mass is 394 g/mol. The zero-order chi connectivity index (χ0) is 20.1. The minimum atomic E-state index is -0.478. The summed E-state index contributed by atoms with van der Waals surface area (Å²) in [6, 6.07) is 21.1. The summed E-state index contributed by atoms with van der Waals surface area (Å²) in [4.78, 5) is 23.5. The minimum absolute atomic E-state index is 0.177. The van der Waals surface area contributed by atoms with E-state index < -0.39 is 11.8 Å². The Kier molecular flexibility index (Phi) is 6.09. The van der Waals surface area contributed by atoms with Crippen LogP contribution in [-0.2, 0) is 6.42 Å². The van der Waals surface area contributed by atoms with Crippen LogP contribution in [0.5, 0.6) is 0 Å². The molecule has 0 aliphatic rings. The van der Waals surface area contributed by atoms with Crippen molar-refractivity contribution in [3.05, 3.63) is 94.5 Å². The number of carbonyl (C=O) groups is 2. The van der Waals surface area contributed by atoms with Crippen molar-refractivity contribution >= 4 is 23.4 Å². The molecule has 0 saturated carbocycles. The molecular weight excluding hydrogens is 376 g/mol. The van der Waals surface area contributed by atoms with E-state index in [0.717, 1.165) is 16.7 Å². The molecule has 6 heteroatoms. The van der Waals surface area contributed by atoms with Crippen LogP contribution >= 0.6 is 11.6 Å². The summed E-state index contributed by atoms with van der Waals surface area (Å²) in [5, 5.41) is 11.4. The van der Waals surface area contributed by atoms with Crippen LogP contribution in [0.15, 0.2) is 72.8 Å². The Labute approximate surface area is 167 Å². The maximum absolute atomic E-state index is 12.4. The van der Waals surface area contributed by atoms with Crippen molar-refractivity contribution in [3.8, 4) is 11.1 Å². The number of carbonyl (C=O) groups excluding carboxylic acids is 2. The van der Waals surface area contributed by atoms with Gasteiger partial charge in [-0.25, -0.2) is 5.06 Å². The highest BCUT2D eigenvalue weighted by molar-refractivity contribution is 6.30. The fraction of sp³-hybridized carbons (Fsp3) is 0.0909. The lowest BCUT2D eigenvalue weighted by atomic mass is 10.0. The van der Waals surface area contributed by atoms with Crippen LogP contribution in [0, 0.1) is 0 Å². The Morgan fingerprint density at radius 3 is 1.82 bits per heavy atom. The molecular formula is C22H19ClN2O3. The maximum atomic E-state index is 12.4. The molecule has 28 heavy (non-hydrogen) atoms. The Morgan fingerprint density at radius 1 is 0.821 bits per heavy atom. The van der Waals surface area contributed by atoms with Gasteiger partial charge in [-0.1, -0.05) is 48.0 Å². The third-order valence-corrected chi connectivity index (χ3v) is 4.65. The van der Waals surface area contributed by atoms with Gasteiger partial charge in [0.1, 0.15) is 0 Å². The van der Waals surface area contributed by atoms with E-state index in [-0.39, 0.29) is 6.54 Å². The number of amides is 2. The molecule has 0 aromatic heterocycles. The molecule has 5 nitrogen and oxygen atoms in total. The van der Waals surface area contributed by atoms with Gasteiger partial charge < -0.3 is 5.73 Å². The molecule has 0 bridgehead atoms. The molecule has 3 aromatic rings. The Balaban J connectivity index is 1.63. The largest absolute Gasteiger partial charge is 0.366 e. The normalized spacial score (nSPS) is 10.5. The molecule has 0 spiro atoms.